The number of carbonyl (C=O) groups excluding carboxylic acids is 1. The summed E-state index contributed by atoms with van der Waals surface area (Å²) in [5.41, 5.74) is 2.67. The number of carbonyl (C=O) groups is 1. The highest BCUT2D eigenvalue weighted by atomic mass is 79.9. The Morgan fingerprint density at radius 2 is 1.55 bits per heavy atom. The molecule has 0 saturated heterocycles. The van der Waals surface area contributed by atoms with Crippen molar-refractivity contribution >= 4 is 37.6 Å². The molecular weight excluding hydrogens is 406 g/mol. The Bertz CT molecular complexity index is 738. The van der Waals surface area contributed by atoms with Gasteiger partial charge in [0.15, 0.2) is 5.78 Å². The zero-order chi connectivity index (χ0) is 15.7. The van der Waals surface area contributed by atoms with Gasteiger partial charge in [-0.2, -0.15) is 5.26 Å². The van der Waals surface area contributed by atoms with Crippen molar-refractivity contribution in [3.8, 4) is 6.07 Å². The number of nitrogens with zero attached hydrogens (tertiary/aromatic N) is 1. The van der Waals surface area contributed by atoms with Crippen molar-refractivity contribution in [1.29, 1.82) is 5.26 Å². The number of halogens is 2. The molecule has 0 N–H and O–H groups in total. The fraction of sp³-hybridized carbons (Fsp3) is 0.222. The third kappa shape index (κ3) is 2.53. The van der Waals surface area contributed by atoms with Crippen LogP contribution in [0.25, 0.3) is 0 Å². The van der Waals surface area contributed by atoms with E-state index in [9.17, 15) is 10.1 Å². The lowest BCUT2D eigenvalue weighted by molar-refractivity contribution is 0.0936. The Balaban J connectivity index is 2.14. The second kappa shape index (κ2) is 6.36. The molecule has 0 bridgehead atoms. The molecule has 0 saturated carbocycles. The van der Waals surface area contributed by atoms with Gasteiger partial charge in [-0.25, -0.2) is 0 Å². The molecule has 0 aromatic heterocycles. The molecule has 0 aliphatic heterocycles. The van der Waals surface area contributed by atoms with Crippen LogP contribution in [0.3, 0.4) is 0 Å². The van der Waals surface area contributed by atoms with Crippen molar-refractivity contribution in [3.05, 3.63) is 71.3 Å². The Morgan fingerprint density at radius 1 is 0.955 bits per heavy atom. The van der Waals surface area contributed by atoms with Crippen molar-refractivity contribution in [2.75, 3.05) is 0 Å². The first-order chi connectivity index (χ1) is 10.6. The summed E-state index contributed by atoms with van der Waals surface area (Å²) < 4.78 is 0. The monoisotopic (exact) mass is 417 g/mol. The molecule has 4 heteroatoms. The maximum atomic E-state index is 13.0. The molecule has 22 heavy (non-hydrogen) atoms. The highest BCUT2D eigenvalue weighted by Gasteiger charge is 2.44. The molecule has 1 aliphatic carbocycles. The van der Waals surface area contributed by atoms with Gasteiger partial charge in [0.25, 0.3) is 0 Å². The number of hydrogen-bond acceptors (Lipinski definition) is 2. The highest BCUT2D eigenvalue weighted by molar-refractivity contribution is 9.12. The van der Waals surface area contributed by atoms with E-state index in [2.05, 4.69) is 37.9 Å². The summed E-state index contributed by atoms with van der Waals surface area (Å²) in [6.45, 7) is 0. The number of benzene rings is 2. The molecule has 3 rings (SSSR count). The zero-order valence-electron chi connectivity index (χ0n) is 11.6. The minimum Gasteiger partial charge on any atom is -0.293 e. The lowest BCUT2D eigenvalue weighted by atomic mass is 9.72. The Hall–Kier alpha value is -1.44. The lowest BCUT2D eigenvalue weighted by Gasteiger charge is -2.35. The van der Waals surface area contributed by atoms with Gasteiger partial charge in [-0.05, 0) is 11.1 Å². The summed E-state index contributed by atoms with van der Waals surface area (Å²) in [7, 11) is 0. The maximum Gasteiger partial charge on any atom is 0.171 e. The van der Waals surface area contributed by atoms with Gasteiger partial charge in [-0.3, -0.25) is 4.79 Å². The van der Waals surface area contributed by atoms with E-state index in [1.165, 1.54) is 0 Å². The number of alkyl halides is 2. The van der Waals surface area contributed by atoms with Gasteiger partial charge >= 0.3 is 0 Å². The van der Waals surface area contributed by atoms with Gasteiger partial charge in [-0.1, -0.05) is 86.5 Å². The van der Waals surface area contributed by atoms with E-state index in [1.807, 2.05) is 54.6 Å². The van der Waals surface area contributed by atoms with Gasteiger partial charge in [0.1, 0.15) is 0 Å². The number of hydrogen-bond donors (Lipinski definition) is 0. The van der Waals surface area contributed by atoms with Crippen LogP contribution in [-0.4, -0.2) is 10.6 Å². The second-order valence-corrected chi connectivity index (χ2v) is 7.38. The standard InChI is InChI=1S/C18H13Br2NO/c19-16-13-9-5-4-8-12(13)15(14(10-21)17(16)20)18(22)11-6-2-1-3-7-11/h1-9,14-17H/t14-,15-,16-,17+/m1/s1. The van der Waals surface area contributed by atoms with Crippen LogP contribution in [0.4, 0.5) is 0 Å². The van der Waals surface area contributed by atoms with E-state index in [-0.39, 0.29) is 15.4 Å². The average molecular weight is 419 g/mol. The summed E-state index contributed by atoms with van der Waals surface area (Å²) in [5.74, 6) is -0.850. The minimum atomic E-state index is -0.443. The first-order valence-corrected chi connectivity index (χ1v) is 8.84. The molecule has 0 amide bonds. The molecule has 110 valence electrons. The molecule has 2 nitrogen and oxygen atoms in total. The van der Waals surface area contributed by atoms with Gasteiger partial charge in [0.05, 0.1) is 22.7 Å². The van der Waals surface area contributed by atoms with Crippen LogP contribution in [0.5, 0.6) is 0 Å². The first-order valence-electron chi connectivity index (χ1n) is 7.01. The number of nitriles is 1. The minimum absolute atomic E-state index is 0.00319. The van der Waals surface area contributed by atoms with E-state index in [0.29, 0.717) is 5.56 Å². The smallest absolute Gasteiger partial charge is 0.171 e. The van der Waals surface area contributed by atoms with E-state index in [4.69, 9.17) is 0 Å². The number of ketones is 1. The summed E-state index contributed by atoms with van der Waals surface area (Å²) >= 11 is 7.27. The molecule has 4 atom stereocenters. The SMILES string of the molecule is N#C[C@H]1[C@H](Br)[C@H](Br)c2ccccc2[C@H]1C(=O)c1ccccc1. The maximum absolute atomic E-state index is 13.0. The highest BCUT2D eigenvalue weighted by Crippen LogP contribution is 2.49. The van der Waals surface area contributed by atoms with Crippen LogP contribution in [0, 0.1) is 17.2 Å². The van der Waals surface area contributed by atoms with Crippen LogP contribution in [0.15, 0.2) is 54.6 Å². The van der Waals surface area contributed by atoms with Gasteiger partial charge in [-0.15, -0.1) is 0 Å². The van der Waals surface area contributed by atoms with Crippen LogP contribution in [0.2, 0.25) is 0 Å². The number of rotatable bonds is 2. The van der Waals surface area contributed by atoms with Crippen LogP contribution >= 0.6 is 31.9 Å². The Morgan fingerprint density at radius 3 is 2.18 bits per heavy atom. The Labute approximate surface area is 146 Å². The van der Waals surface area contributed by atoms with Crippen molar-refractivity contribution in [2.45, 2.75) is 15.6 Å². The van der Waals surface area contributed by atoms with E-state index >= 15 is 0 Å². The van der Waals surface area contributed by atoms with Crippen molar-refractivity contribution in [3.63, 3.8) is 0 Å². The molecule has 1 aliphatic rings. The van der Waals surface area contributed by atoms with Crippen molar-refractivity contribution < 1.29 is 4.79 Å². The fourth-order valence-electron chi connectivity index (χ4n) is 3.01. The molecule has 0 unspecified atom stereocenters. The summed E-state index contributed by atoms with van der Waals surface area (Å²) in [6, 6.07) is 19.4. The molecule has 0 fully saturated rings. The van der Waals surface area contributed by atoms with Crippen LogP contribution in [0.1, 0.15) is 32.2 Å². The number of fused-ring (bicyclic) bond motifs is 1. The number of Topliss-reactive ketones (excluding diaryl/α,β-unsaturated/α-hetero) is 1. The molecular formula is C18H13Br2NO. The van der Waals surface area contributed by atoms with E-state index in [0.717, 1.165) is 11.1 Å². The third-order valence-electron chi connectivity index (χ3n) is 4.10. The third-order valence-corrected chi connectivity index (χ3v) is 6.97. The molecule has 0 heterocycles. The van der Waals surface area contributed by atoms with Crippen LogP contribution in [-0.2, 0) is 0 Å². The molecule has 0 spiro atoms. The topological polar surface area (TPSA) is 40.9 Å². The molecule has 2 aromatic carbocycles. The quantitative estimate of drug-likeness (QED) is 0.508. The van der Waals surface area contributed by atoms with Gasteiger partial charge in [0, 0.05) is 10.4 Å². The predicted octanol–water partition coefficient (Wildman–Crippen LogP) is 5.01. The van der Waals surface area contributed by atoms with Crippen LogP contribution < -0.4 is 0 Å². The predicted molar refractivity (Wildman–Crippen MR) is 93.4 cm³/mol. The first kappa shape index (κ1) is 15.5. The van der Waals surface area contributed by atoms with E-state index in [1.54, 1.807) is 0 Å². The fourth-order valence-corrected chi connectivity index (χ4v) is 4.46. The largest absolute Gasteiger partial charge is 0.293 e. The second-order valence-electron chi connectivity index (χ2n) is 5.34. The van der Waals surface area contributed by atoms with Crippen molar-refractivity contribution in [2.24, 2.45) is 5.92 Å². The lowest BCUT2D eigenvalue weighted by Crippen LogP contribution is -2.35. The van der Waals surface area contributed by atoms with Gasteiger partial charge < -0.3 is 0 Å². The van der Waals surface area contributed by atoms with Gasteiger partial charge in [0.2, 0.25) is 0 Å². The van der Waals surface area contributed by atoms with Crippen molar-refractivity contribution in [1.82, 2.24) is 0 Å². The zero-order valence-corrected chi connectivity index (χ0v) is 14.8. The molecule has 2 aromatic rings. The Kier molecular flexibility index (Phi) is 4.46. The molecule has 0 radical (unpaired) electrons. The summed E-state index contributed by atoms with van der Waals surface area (Å²) in [4.78, 5) is 12.9. The van der Waals surface area contributed by atoms with E-state index < -0.39 is 11.8 Å². The normalized spacial score (nSPS) is 26.8. The summed E-state index contributed by atoms with van der Waals surface area (Å²) in [5, 5.41) is 9.62. The summed E-state index contributed by atoms with van der Waals surface area (Å²) in [6.07, 6.45) is 0. The average Bonchev–Trinajstić information content (AvgIpc) is 2.58.